The van der Waals surface area contributed by atoms with Crippen LogP contribution in [0.15, 0.2) is 0 Å². The van der Waals surface area contributed by atoms with E-state index in [0.717, 1.165) is 0 Å². The quantitative estimate of drug-likeness (QED) is 0.473. The summed E-state index contributed by atoms with van der Waals surface area (Å²) in [6, 6.07) is 0. The van der Waals surface area contributed by atoms with Gasteiger partial charge < -0.3 is 10.2 Å². The van der Waals surface area contributed by atoms with Crippen molar-refractivity contribution in [1.29, 1.82) is 0 Å². The number of hydrogen-bond acceptors (Lipinski definition) is 1. The fraction of sp³-hybridized carbons (Fsp3) is 0.667. The van der Waals surface area contributed by atoms with Gasteiger partial charge in [0.1, 0.15) is 0 Å². The second-order valence-electron chi connectivity index (χ2n) is 1.28. The van der Waals surface area contributed by atoms with Crippen molar-refractivity contribution in [3.05, 3.63) is 0 Å². The number of rotatable bonds is 1. The molecule has 0 bridgehead atoms. The van der Waals surface area contributed by atoms with Crippen molar-refractivity contribution in [1.82, 2.24) is 0 Å². The van der Waals surface area contributed by atoms with Crippen LogP contribution in [0.25, 0.3) is 0 Å². The average molecular weight is 104 g/mol. The van der Waals surface area contributed by atoms with E-state index >= 15 is 0 Å². The Balaban J connectivity index is 0. The van der Waals surface area contributed by atoms with Crippen molar-refractivity contribution in [2.24, 2.45) is 0 Å². The van der Waals surface area contributed by atoms with Gasteiger partial charge in [-0.15, -0.1) is 0 Å². The third-order valence-electron chi connectivity index (χ3n) is 0.500. The standard InChI is InChI=1S/C2H4.CH2O3.2Li/c1-2;2-1(3)4;;/h1-2H2;(H2,2,3,4);;. The van der Waals surface area contributed by atoms with E-state index in [-0.39, 0.29) is 0 Å². The molecule has 8 heavy (non-hydrogen) atoms. The second kappa shape index (κ2) is 10.4. The van der Waals surface area contributed by atoms with E-state index in [1.807, 2.05) is 0 Å². The predicted molar refractivity (Wildman–Crippen MR) is 31.8 cm³/mol. The third kappa shape index (κ3) is 90.0. The van der Waals surface area contributed by atoms with Crippen molar-refractivity contribution in [3.8, 4) is 0 Å². The summed E-state index contributed by atoms with van der Waals surface area (Å²) in [6.07, 6.45) is -1.83. The normalized spacial score (nSPS) is 7.00. The Morgan fingerprint density at radius 1 is 1.25 bits per heavy atom. The molecule has 0 aliphatic carbocycles. The molecule has 0 rings (SSSR count). The first-order valence-corrected chi connectivity index (χ1v) is 2.57. The molecule has 0 saturated heterocycles. The van der Waals surface area contributed by atoms with Gasteiger partial charge in [-0.1, -0.05) is 0 Å². The Morgan fingerprint density at radius 2 is 1.38 bits per heavy atom. The van der Waals surface area contributed by atoms with E-state index in [0.29, 0.717) is 0 Å². The molecule has 0 saturated carbocycles. The minimum absolute atomic E-state index is 1.32. The molecular formula is C3H6Li2O3. The van der Waals surface area contributed by atoms with E-state index in [1.54, 1.807) is 0 Å². The molecule has 2 N–H and O–H groups in total. The van der Waals surface area contributed by atoms with Crippen LogP contribution >= 0.6 is 0 Å². The summed E-state index contributed by atoms with van der Waals surface area (Å²) in [5.41, 5.74) is 0. The van der Waals surface area contributed by atoms with Gasteiger partial charge in [-0.25, -0.2) is 4.79 Å². The van der Waals surface area contributed by atoms with Crippen LogP contribution in [0.2, 0.25) is 10.2 Å². The minimum atomic E-state index is -1.83. The molecule has 0 heterocycles. The predicted octanol–water partition coefficient (Wildman–Crippen LogP) is 0.382. The van der Waals surface area contributed by atoms with Crippen LogP contribution in [0.1, 0.15) is 0 Å². The van der Waals surface area contributed by atoms with Crippen molar-refractivity contribution in [2.45, 2.75) is 10.2 Å². The molecule has 0 aromatic heterocycles. The van der Waals surface area contributed by atoms with E-state index in [1.165, 1.54) is 10.2 Å². The summed E-state index contributed by atoms with van der Waals surface area (Å²) in [5.74, 6) is 0. The van der Waals surface area contributed by atoms with Crippen LogP contribution in [-0.4, -0.2) is 51.8 Å². The van der Waals surface area contributed by atoms with Gasteiger partial charge in [-0.2, -0.15) is 0 Å². The maximum atomic E-state index is 8.56. The molecule has 0 atom stereocenters. The maximum absolute atomic E-state index is 8.56. The van der Waals surface area contributed by atoms with E-state index < -0.39 is 6.16 Å². The zero-order valence-corrected chi connectivity index (χ0v) is 5.22. The van der Waals surface area contributed by atoms with E-state index in [9.17, 15) is 0 Å². The molecule has 38 valence electrons. The molecule has 0 aliphatic heterocycles. The van der Waals surface area contributed by atoms with Gasteiger partial charge in [-0.05, 0) is 0 Å². The number of carboxylic acid groups (broad SMARTS) is 2. The molecule has 5 heteroatoms. The molecule has 0 aromatic carbocycles. The van der Waals surface area contributed by atoms with Gasteiger partial charge in [0.15, 0.2) is 0 Å². The van der Waals surface area contributed by atoms with Crippen LogP contribution in [0.5, 0.6) is 0 Å². The topological polar surface area (TPSA) is 57.5 Å². The fourth-order valence-electron chi connectivity index (χ4n) is 0. The van der Waals surface area contributed by atoms with Crippen molar-refractivity contribution >= 4 is 41.6 Å². The number of hydrogen-bond donors (Lipinski definition) is 2. The summed E-state index contributed by atoms with van der Waals surface area (Å²) >= 11 is 4.36. The van der Waals surface area contributed by atoms with Crippen LogP contribution in [0.3, 0.4) is 0 Å². The molecule has 0 radical (unpaired) electrons. The monoisotopic (exact) mass is 104 g/mol. The zero-order valence-electron chi connectivity index (χ0n) is 5.22. The van der Waals surface area contributed by atoms with Gasteiger partial charge in [0.25, 0.3) is 0 Å². The number of carbonyl (C=O) groups is 1. The van der Waals surface area contributed by atoms with Crippen LogP contribution in [-0.2, 0) is 0 Å². The molecule has 0 aromatic rings. The summed E-state index contributed by atoms with van der Waals surface area (Å²) in [5, 5.41) is 16.6. The van der Waals surface area contributed by atoms with Crippen molar-refractivity contribution in [2.75, 3.05) is 0 Å². The molecule has 0 aliphatic rings. The zero-order chi connectivity index (χ0) is 6.99. The SMILES string of the molecule is O=C(O)O.[Li][CH2][CH2][Li]. The second-order valence-corrected chi connectivity index (χ2v) is 1.28. The first-order chi connectivity index (χ1) is 3.65. The summed E-state index contributed by atoms with van der Waals surface area (Å²) < 4.78 is 0. The van der Waals surface area contributed by atoms with E-state index in [2.05, 4.69) is 35.4 Å². The molecule has 0 fully saturated rings. The Labute approximate surface area is 66.9 Å². The summed E-state index contributed by atoms with van der Waals surface area (Å²) in [7, 11) is 0. The molecule has 0 unspecified atom stereocenters. The first kappa shape index (κ1) is 11.3. The third-order valence-corrected chi connectivity index (χ3v) is 0.500. The Kier molecular flexibility index (Phi) is 14.7. The van der Waals surface area contributed by atoms with E-state index in [4.69, 9.17) is 15.0 Å². The molecule has 0 spiro atoms. The summed E-state index contributed by atoms with van der Waals surface area (Å²) in [6.45, 7) is 0. The fourth-order valence-corrected chi connectivity index (χ4v) is 0. The van der Waals surface area contributed by atoms with Gasteiger partial charge in [0.2, 0.25) is 0 Å². The van der Waals surface area contributed by atoms with Crippen molar-refractivity contribution in [3.63, 3.8) is 0 Å². The Morgan fingerprint density at radius 3 is 1.38 bits per heavy atom. The van der Waals surface area contributed by atoms with Crippen LogP contribution in [0, 0.1) is 0 Å². The van der Waals surface area contributed by atoms with Gasteiger partial charge in [0, 0.05) is 0 Å². The van der Waals surface area contributed by atoms with Crippen molar-refractivity contribution < 1.29 is 15.0 Å². The van der Waals surface area contributed by atoms with Crippen LogP contribution < -0.4 is 0 Å². The van der Waals surface area contributed by atoms with Gasteiger partial charge in [-0.3, -0.25) is 0 Å². The van der Waals surface area contributed by atoms with Gasteiger partial charge >= 0.3 is 51.8 Å². The Hall–Kier alpha value is 0.465. The van der Waals surface area contributed by atoms with Crippen LogP contribution in [0.4, 0.5) is 4.79 Å². The molecular weight excluding hydrogens is 97.9 g/mol. The first-order valence-electron chi connectivity index (χ1n) is 2.57. The van der Waals surface area contributed by atoms with Gasteiger partial charge in [0.05, 0.1) is 0 Å². The Bertz CT molecular complexity index is 50.5. The summed E-state index contributed by atoms with van der Waals surface area (Å²) in [4.78, 5) is 8.56. The average Bonchev–Trinajstić information content (AvgIpc) is 1.65. The molecule has 0 amide bonds. The molecule has 3 nitrogen and oxygen atoms in total.